The number of aliphatic hydroxyl groups excluding tert-OH is 1. The number of aliphatic hydroxyl groups is 1. The smallest absolute Gasteiger partial charge is 0.189 e. The van der Waals surface area contributed by atoms with E-state index in [0.717, 1.165) is 12.8 Å². The second-order valence-electron chi connectivity index (χ2n) is 3.22. The van der Waals surface area contributed by atoms with E-state index in [0.29, 0.717) is 18.6 Å². The van der Waals surface area contributed by atoms with Gasteiger partial charge in [0.05, 0.1) is 25.3 Å². The third-order valence-electron chi connectivity index (χ3n) is 1.81. The van der Waals surface area contributed by atoms with Crippen LogP contribution < -0.4 is 11.1 Å². The average Bonchev–Trinajstić information content (AvgIpc) is 2.87. The summed E-state index contributed by atoms with van der Waals surface area (Å²) < 4.78 is 4.88. The quantitative estimate of drug-likeness (QED) is 0.383. The third kappa shape index (κ3) is 4.10. The summed E-state index contributed by atoms with van der Waals surface area (Å²) in [5.74, 6) is 0.401. The Hall–Kier alpha value is -0.810. The Balaban J connectivity index is 2.26. The number of ether oxygens (including phenoxy) is 1. The molecule has 1 aliphatic rings. The highest BCUT2D eigenvalue weighted by Crippen LogP contribution is 2.22. The first-order valence-corrected chi connectivity index (χ1v) is 4.46. The number of nitrogens with zero attached hydrogens (tertiary/aromatic N) is 1. The first-order valence-electron chi connectivity index (χ1n) is 4.46. The van der Waals surface area contributed by atoms with E-state index < -0.39 is 0 Å². The zero-order valence-electron chi connectivity index (χ0n) is 7.86. The van der Waals surface area contributed by atoms with Gasteiger partial charge >= 0.3 is 0 Å². The Bertz CT molecular complexity index is 180. The van der Waals surface area contributed by atoms with Crippen molar-refractivity contribution >= 4 is 5.96 Å². The Morgan fingerprint density at radius 2 is 2.46 bits per heavy atom. The molecule has 0 radical (unpaired) electrons. The Morgan fingerprint density at radius 3 is 2.92 bits per heavy atom. The maximum absolute atomic E-state index is 8.90. The van der Waals surface area contributed by atoms with Crippen molar-refractivity contribution in [1.82, 2.24) is 5.32 Å². The van der Waals surface area contributed by atoms with Gasteiger partial charge in [-0.15, -0.1) is 0 Å². The molecule has 5 heteroatoms. The molecule has 1 fully saturated rings. The monoisotopic (exact) mass is 187 g/mol. The number of methoxy groups -OCH3 is 1. The maximum atomic E-state index is 8.90. The van der Waals surface area contributed by atoms with Gasteiger partial charge in [-0.1, -0.05) is 0 Å². The average molecular weight is 187 g/mol. The Labute approximate surface area is 78.0 Å². The maximum Gasteiger partial charge on any atom is 0.189 e. The van der Waals surface area contributed by atoms with Crippen LogP contribution in [-0.2, 0) is 4.74 Å². The van der Waals surface area contributed by atoms with Crippen LogP contribution in [0.25, 0.3) is 0 Å². The fourth-order valence-corrected chi connectivity index (χ4v) is 0.988. The Kier molecular flexibility index (Phi) is 3.98. The standard InChI is InChI=1S/C8H17N3O2/c1-13-5-7(4-12)11-8(9)10-6-2-3-6/h6-7,12H,2-5H2,1H3,(H3,9,10,11). The topological polar surface area (TPSA) is 79.9 Å². The van der Waals surface area contributed by atoms with Crippen LogP contribution in [0.5, 0.6) is 0 Å². The first-order chi connectivity index (χ1) is 6.26. The van der Waals surface area contributed by atoms with Gasteiger partial charge in [-0.05, 0) is 12.8 Å². The van der Waals surface area contributed by atoms with Gasteiger partial charge in [0.2, 0.25) is 0 Å². The minimum absolute atomic E-state index is 0.00523. The van der Waals surface area contributed by atoms with Crippen molar-refractivity contribution in [3.63, 3.8) is 0 Å². The molecular formula is C8H17N3O2. The van der Waals surface area contributed by atoms with Gasteiger partial charge in [-0.2, -0.15) is 0 Å². The van der Waals surface area contributed by atoms with Crippen LogP contribution in [0, 0.1) is 0 Å². The summed E-state index contributed by atoms with van der Waals surface area (Å²) in [6.07, 6.45) is 2.24. The number of nitrogens with two attached hydrogens (primary N) is 1. The van der Waals surface area contributed by atoms with Crippen molar-refractivity contribution in [2.75, 3.05) is 20.3 Å². The first kappa shape index (κ1) is 10.3. The minimum atomic E-state index is -0.160. The fourth-order valence-electron chi connectivity index (χ4n) is 0.988. The zero-order valence-corrected chi connectivity index (χ0v) is 7.86. The summed E-state index contributed by atoms with van der Waals surface area (Å²) in [7, 11) is 1.58. The summed E-state index contributed by atoms with van der Waals surface area (Å²) in [6, 6.07) is 0.238. The highest BCUT2D eigenvalue weighted by atomic mass is 16.5. The van der Waals surface area contributed by atoms with E-state index in [1.54, 1.807) is 7.11 Å². The summed E-state index contributed by atoms with van der Waals surface area (Å²) in [6.45, 7) is 0.423. The highest BCUT2D eigenvalue weighted by Gasteiger charge is 2.20. The van der Waals surface area contributed by atoms with E-state index >= 15 is 0 Å². The number of guanidine groups is 1. The molecular weight excluding hydrogens is 170 g/mol. The number of rotatable bonds is 5. The fraction of sp³-hybridized carbons (Fsp3) is 0.875. The Morgan fingerprint density at radius 1 is 1.77 bits per heavy atom. The molecule has 0 saturated heterocycles. The molecule has 5 nitrogen and oxygen atoms in total. The van der Waals surface area contributed by atoms with E-state index in [4.69, 9.17) is 15.6 Å². The molecule has 0 aromatic rings. The lowest BCUT2D eigenvalue weighted by molar-refractivity contribution is 0.137. The minimum Gasteiger partial charge on any atom is -0.394 e. The lowest BCUT2D eigenvalue weighted by Gasteiger charge is -2.15. The van der Waals surface area contributed by atoms with Crippen LogP contribution in [-0.4, -0.2) is 43.5 Å². The van der Waals surface area contributed by atoms with Gasteiger partial charge in [0, 0.05) is 7.11 Å². The molecule has 0 heterocycles. The van der Waals surface area contributed by atoms with Crippen LogP contribution in [0.3, 0.4) is 0 Å². The van der Waals surface area contributed by atoms with E-state index in [9.17, 15) is 0 Å². The molecule has 13 heavy (non-hydrogen) atoms. The zero-order chi connectivity index (χ0) is 9.68. The van der Waals surface area contributed by atoms with Crippen LogP contribution >= 0.6 is 0 Å². The normalized spacial score (nSPS) is 20.0. The largest absolute Gasteiger partial charge is 0.394 e. The molecule has 0 spiro atoms. The van der Waals surface area contributed by atoms with Gasteiger partial charge in [0.1, 0.15) is 0 Å². The van der Waals surface area contributed by atoms with Crippen LogP contribution in [0.2, 0.25) is 0 Å². The summed E-state index contributed by atoms with van der Waals surface area (Å²) in [5, 5.41) is 11.8. The van der Waals surface area contributed by atoms with Crippen molar-refractivity contribution in [2.24, 2.45) is 10.7 Å². The van der Waals surface area contributed by atoms with Crippen molar-refractivity contribution in [3.8, 4) is 0 Å². The lowest BCUT2D eigenvalue weighted by Crippen LogP contribution is -2.44. The van der Waals surface area contributed by atoms with Gasteiger partial charge in [-0.25, -0.2) is 0 Å². The van der Waals surface area contributed by atoms with Crippen molar-refractivity contribution < 1.29 is 9.84 Å². The molecule has 1 atom stereocenters. The van der Waals surface area contributed by atoms with E-state index in [-0.39, 0.29) is 12.6 Å². The highest BCUT2D eigenvalue weighted by molar-refractivity contribution is 5.78. The van der Waals surface area contributed by atoms with Crippen molar-refractivity contribution in [1.29, 1.82) is 0 Å². The number of hydrogen-bond donors (Lipinski definition) is 3. The summed E-state index contributed by atoms with van der Waals surface area (Å²) >= 11 is 0. The van der Waals surface area contributed by atoms with Crippen molar-refractivity contribution in [3.05, 3.63) is 0 Å². The number of nitrogens with one attached hydrogen (secondary N) is 1. The predicted octanol–water partition coefficient (Wildman–Crippen LogP) is -0.940. The molecule has 0 bridgehead atoms. The molecule has 0 aromatic heterocycles. The third-order valence-corrected chi connectivity index (χ3v) is 1.81. The molecule has 1 saturated carbocycles. The molecule has 1 aliphatic carbocycles. The molecule has 4 N–H and O–H groups in total. The van der Waals surface area contributed by atoms with Crippen molar-refractivity contribution in [2.45, 2.75) is 24.9 Å². The molecule has 0 aliphatic heterocycles. The molecule has 1 unspecified atom stereocenters. The SMILES string of the molecule is COCC(CO)NC(N)=NC1CC1. The summed E-state index contributed by atoms with van der Waals surface area (Å²) in [4.78, 5) is 4.18. The molecule has 0 amide bonds. The van der Waals surface area contributed by atoms with Gasteiger partial charge in [-0.3, -0.25) is 4.99 Å². The molecule has 1 rings (SSSR count). The second kappa shape index (κ2) is 5.04. The molecule has 0 aromatic carbocycles. The number of hydrogen-bond acceptors (Lipinski definition) is 3. The van der Waals surface area contributed by atoms with Gasteiger partial charge in [0.25, 0.3) is 0 Å². The lowest BCUT2D eigenvalue weighted by atomic mass is 10.3. The van der Waals surface area contributed by atoms with Gasteiger partial charge < -0.3 is 20.9 Å². The van der Waals surface area contributed by atoms with Crippen LogP contribution in [0.4, 0.5) is 0 Å². The van der Waals surface area contributed by atoms with Crippen LogP contribution in [0.1, 0.15) is 12.8 Å². The van der Waals surface area contributed by atoms with Crippen LogP contribution in [0.15, 0.2) is 4.99 Å². The molecule has 76 valence electrons. The second-order valence-corrected chi connectivity index (χ2v) is 3.22. The number of aliphatic imine (C=N–C) groups is 1. The van der Waals surface area contributed by atoms with E-state index in [1.165, 1.54) is 0 Å². The summed E-state index contributed by atoms with van der Waals surface area (Å²) in [5.41, 5.74) is 5.59. The van der Waals surface area contributed by atoms with E-state index in [1.807, 2.05) is 0 Å². The van der Waals surface area contributed by atoms with E-state index in [2.05, 4.69) is 10.3 Å². The van der Waals surface area contributed by atoms with Gasteiger partial charge in [0.15, 0.2) is 5.96 Å². The predicted molar refractivity (Wildman–Crippen MR) is 50.5 cm³/mol.